The zero-order valence-corrected chi connectivity index (χ0v) is 16.9. The van der Waals surface area contributed by atoms with Crippen LogP contribution in [0.25, 0.3) is 9.88 Å². The van der Waals surface area contributed by atoms with Crippen LogP contribution in [0.1, 0.15) is 12.1 Å². The molecule has 2 aromatic heterocycles. The fourth-order valence-electron chi connectivity index (χ4n) is 2.20. The molecule has 1 N–H and O–H groups in total. The maximum absolute atomic E-state index is 12.0. The lowest BCUT2D eigenvalue weighted by Gasteiger charge is -2.08. The number of carbonyl (C=O) groups excluding carboxylic acids is 1. The first-order valence-corrected chi connectivity index (χ1v) is 10.5. The number of halogens is 2. The standard InChI is InChI=1S/C18H16Cl2N2O2S2/c19-12-4-5-15(14(20)9-12)24-7-2-6-21-17(23)10-13-11-26-18(22-13)16-3-1-8-25-16/h1,3-5,8-9,11H,2,6-7,10H2,(H,21,23). The van der Waals surface area contributed by atoms with Crippen LogP contribution in [0.3, 0.4) is 0 Å². The van der Waals surface area contributed by atoms with Crippen molar-refractivity contribution in [2.75, 3.05) is 13.2 Å². The smallest absolute Gasteiger partial charge is 0.226 e. The Labute approximate surface area is 169 Å². The molecule has 8 heteroatoms. The number of aromatic nitrogens is 1. The van der Waals surface area contributed by atoms with Crippen LogP contribution in [0.5, 0.6) is 5.75 Å². The number of nitrogens with one attached hydrogen (secondary N) is 1. The summed E-state index contributed by atoms with van der Waals surface area (Å²) in [5, 5.41) is 8.83. The molecule has 2 heterocycles. The molecular weight excluding hydrogens is 411 g/mol. The Morgan fingerprint density at radius 1 is 1.23 bits per heavy atom. The van der Waals surface area contributed by atoms with Crippen LogP contribution in [-0.4, -0.2) is 24.0 Å². The molecule has 0 saturated heterocycles. The molecule has 4 nitrogen and oxygen atoms in total. The van der Waals surface area contributed by atoms with E-state index in [-0.39, 0.29) is 12.3 Å². The number of thiazole rings is 1. The number of hydrogen-bond acceptors (Lipinski definition) is 5. The Balaban J connectivity index is 1.37. The summed E-state index contributed by atoms with van der Waals surface area (Å²) in [5.41, 5.74) is 0.792. The average Bonchev–Trinajstić information content (AvgIpc) is 3.27. The molecule has 136 valence electrons. The largest absolute Gasteiger partial charge is 0.492 e. The zero-order valence-electron chi connectivity index (χ0n) is 13.7. The van der Waals surface area contributed by atoms with Crippen molar-refractivity contribution in [3.05, 3.63) is 56.8 Å². The van der Waals surface area contributed by atoms with Crippen LogP contribution in [0.4, 0.5) is 0 Å². The van der Waals surface area contributed by atoms with Gasteiger partial charge in [-0.15, -0.1) is 22.7 Å². The number of benzene rings is 1. The second-order valence-corrected chi connectivity index (χ2v) is 8.07. The first kappa shape index (κ1) is 19.2. The summed E-state index contributed by atoms with van der Waals surface area (Å²) in [5.74, 6) is 0.545. The van der Waals surface area contributed by atoms with Gasteiger partial charge in [0.2, 0.25) is 5.91 Å². The van der Waals surface area contributed by atoms with Crippen molar-refractivity contribution in [1.82, 2.24) is 10.3 Å². The maximum atomic E-state index is 12.0. The minimum absolute atomic E-state index is 0.0439. The van der Waals surface area contributed by atoms with Crippen molar-refractivity contribution in [2.45, 2.75) is 12.8 Å². The molecule has 0 bridgehead atoms. The van der Waals surface area contributed by atoms with Gasteiger partial charge in [0.05, 0.1) is 28.6 Å². The number of ether oxygens (including phenoxy) is 1. The van der Waals surface area contributed by atoms with E-state index in [1.54, 1.807) is 40.9 Å². The fourth-order valence-corrected chi connectivity index (χ4v) is 4.30. The van der Waals surface area contributed by atoms with Gasteiger partial charge in [-0.2, -0.15) is 0 Å². The molecule has 1 amide bonds. The summed E-state index contributed by atoms with van der Waals surface area (Å²) in [6, 6.07) is 9.12. The van der Waals surface area contributed by atoms with Crippen LogP contribution in [0.15, 0.2) is 41.1 Å². The highest BCUT2D eigenvalue weighted by atomic mass is 35.5. The minimum atomic E-state index is -0.0439. The van der Waals surface area contributed by atoms with Crippen molar-refractivity contribution < 1.29 is 9.53 Å². The van der Waals surface area contributed by atoms with Crippen LogP contribution in [-0.2, 0) is 11.2 Å². The average molecular weight is 427 g/mol. The lowest BCUT2D eigenvalue weighted by atomic mass is 10.3. The van der Waals surface area contributed by atoms with Crippen molar-refractivity contribution >= 4 is 51.8 Å². The van der Waals surface area contributed by atoms with E-state index in [4.69, 9.17) is 27.9 Å². The second kappa shape index (κ2) is 9.37. The molecule has 26 heavy (non-hydrogen) atoms. The summed E-state index contributed by atoms with van der Waals surface area (Å²) in [6.07, 6.45) is 0.966. The highest BCUT2D eigenvalue weighted by Crippen LogP contribution is 2.28. The molecule has 0 aliphatic carbocycles. The fraction of sp³-hybridized carbons (Fsp3) is 0.222. The monoisotopic (exact) mass is 426 g/mol. The third-order valence-electron chi connectivity index (χ3n) is 3.42. The molecule has 3 rings (SSSR count). The van der Waals surface area contributed by atoms with Crippen molar-refractivity contribution in [3.63, 3.8) is 0 Å². The van der Waals surface area contributed by atoms with E-state index < -0.39 is 0 Å². The quantitative estimate of drug-likeness (QED) is 0.496. The van der Waals surface area contributed by atoms with Gasteiger partial charge in [-0.05, 0) is 36.1 Å². The lowest BCUT2D eigenvalue weighted by Crippen LogP contribution is -2.27. The molecule has 0 unspecified atom stereocenters. The number of nitrogens with zero attached hydrogens (tertiary/aromatic N) is 1. The normalized spacial score (nSPS) is 10.7. The van der Waals surface area contributed by atoms with Crippen LogP contribution in [0.2, 0.25) is 10.0 Å². The number of thiophene rings is 1. The van der Waals surface area contributed by atoms with Crippen molar-refractivity contribution in [2.24, 2.45) is 0 Å². The van der Waals surface area contributed by atoms with Crippen LogP contribution in [0, 0.1) is 0 Å². The molecule has 0 aliphatic heterocycles. The van der Waals surface area contributed by atoms with Gasteiger partial charge in [-0.25, -0.2) is 4.98 Å². The summed E-state index contributed by atoms with van der Waals surface area (Å²) in [4.78, 5) is 17.6. The first-order chi connectivity index (χ1) is 12.6. The molecule has 0 fully saturated rings. The van der Waals surface area contributed by atoms with E-state index in [0.717, 1.165) is 15.6 Å². The summed E-state index contributed by atoms with van der Waals surface area (Å²) in [7, 11) is 0. The number of amides is 1. The lowest BCUT2D eigenvalue weighted by molar-refractivity contribution is -0.120. The number of rotatable bonds is 8. The van der Waals surface area contributed by atoms with Gasteiger partial charge in [0.1, 0.15) is 10.8 Å². The molecular formula is C18H16Cl2N2O2S2. The predicted octanol–water partition coefficient (Wildman–Crippen LogP) is 5.31. The molecule has 0 spiro atoms. The van der Waals surface area contributed by atoms with E-state index in [9.17, 15) is 4.79 Å². The summed E-state index contributed by atoms with van der Waals surface area (Å²) >= 11 is 15.1. The van der Waals surface area contributed by atoms with E-state index >= 15 is 0 Å². The van der Waals surface area contributed by atoms with E-state index in [0.29, 0.717) is 35.4 Å². The van der Waals surface area contributed by atoms with Crippen molar-refractivity contribution in [3.8, 4) is 15.6 Å². The highest BCUT2D eigenvalue weighted by molar-refractivity contribution is 7.20. The molecule has 0 atom stereocenters. The summed E-state index contributed by atoms with van der Waals surface area (Å²) < 4.78 is 5.59. The van der Waals surface area contributed by atoms with Crippen molar-refractivity contribution in [1.29, 1.82) is 0 Å². The van der Waals surface area contributed by atoms with Gasteiger partial charge >= 0.3 is 0 Å². The van der Waals surface area contributed by atoms with Gasteiger partial charge in [0.25, 0.3) is 0 Å². The third kappa shape index (κ3) is 5.45. The van der Waals surface area contributed by atoms with Crippen LogP contribution >= 0.6 is 45.9 Å². The second-order valence-electron chi connectivity index (χ2n) is 5.42. The predicted molar refractivity (Wildman–Crippen MR) is 109 cm³/mol. The zero-order chi connectivity index (χ0) is 18.4. The highest BCUT2D eigenvalue weighted by Gasteiger charge is 2.09. The van der Waals surface area contributed by atoms with Gasteiger partial charge in [-0.1, -0.05) is 29.3 Å². The van der Waals surface area contributed by atoms with E-state index in [1.165, 1.54) is 0 Å². The number of hydrogen-bond donors (Lipinski definition) is 1. The molecule has 0 radical (unpaired) electrons. The Morgan fingerprint density at radius 3 is 2.88 bits per heavy atom. The van der Waals surface area contributed by atoms with E-state index in [2.05, 4.69) is 10.3 Å². The van der Waals surface area contributed by atoms with Gasteiger partial charge in [0.15, 0.2) is 0 Å². The van der Waals surface area contributed by atoms with Crippen LogP contribution < -0.4 is 10.1 Å². The van der Waals surface area contributed by atoms with Gasteiger partial charge in [0, 0.05) is 16.9 Å². The molecule has 0 aliphatic rings. The van der Waals surface area contributed by atoms with E-state index in [1.807, 2.05) is 22.9 Å². The summed E-state index contributed by atoms with van der Waals surface area (Å²) in [6.45, 7) is 0.993. The topological polar surface area (TPSA) is 51.2 Å². The SMILES string of the molecule is O=C(Cc1csc(-c2cccs2)n1)NCCCOc1ccc(Cl)cc1Cl. The molecule has 3 aromatic rings. The Hall–Kier alpha value is -1.60. The molecule has 1 aromatic carbocycles. The Morgan fingerprint density at radius 2 is 2.12 bits per heavy atom. The minimum Gasteiger partial charge on any atom is -0.492 e. The third-order valence-corrected chi connectivity index (χ3v) is 5.88. The first-order valence-electron chi connectivity index (χ1n) is 7.94. The van der Waals surface area contributed by atoms with Gasteiger partial charge < -0.3 is 10.1 Å². The van der Waals surface area contributed by atoms with Gasteiger partial charge in [-0.3, -0.25) is 4.79 Å². The Bertz CT molecular complexity index is 866. The molecule has 0 saturated carbocycles. The Kier molecular flexibility index (Phi) is 6.91. The maximum Gasteiger partial charge on any atom is 0.226 e. The number of carbonyl (C=O) groups is 1.